The van der Waals surface area contributed by atoms with Crippen molar-refractivity contribution in [1.29, 1.82) is 0 Å². The molecule has 1 aliphatic heterocycles. The Morgan fingerprint density at radius 3 is 2.58 bits per heavy atom. The van der Waals surface area contributed by atoms with Crippen LogP contribution in [0.4, 0.5) is 0 Å². The first-order chi connectivity index (χ1) is 11.6. The molecule has 2 heterocycles. The van der Waals surface area contributed by atoms with Gasteiger partial charge in [-0.05, 0) is 48.8 Å². The number of hydrogen-bond acceptors (Lipinski definition) is 3. The van der Waals surface area contributed by atoms with Crippen molar-refractivity contribution >= 4 is 10.0 Å². The van der Waals surface area contributed by atoms with Gasteiger partial charge in [0.15, 0.2) is 0 Å². The Labute approximate surface area is 143 Å². The number of benzene rings is 1. The molecule has 4 rings (SSSR count). The van der Waals surface area contributed by atoms with Gasteiger partial charge in [-0.25, -0.2) is 8.42 Å². The first-order valence-electron chi connectivity index (χ1n) is 8.61. The van der Waals surface area contributed by atoms with Crippen molar-refractivity contribution in [2.24, 2.45) is 0 Å². The fourth-order valence-corrected chi connectivity index (χ4v) is 5.34. The van der Waals surface area contributed by atoms with Crippen molar-refractivity contribution < 1.29 is 8.42 Å². The minimum absolute atomic E-state index is 0.0338. The quantitative estimate of drug-likeness (QED) is 0.839. The van der Waals surface area contributed by atoms with Crippen molar-refractivity contribution in [3.63, 3.8) is 0 Å². The van der Waals surface area contributed by atoms with E-state index in [-0.39, 0.29) is 11.8 Å². The van der Waals surface area contributed by atoms with Crippen LogP contribution in [0.25, 0.3) is 0 Å². The van der Waals surface area contributed by atoms with Crippen LogP contribution in [-0.4, -0.2) is 29.5 Å². The molecule has 1 saturated heterocycles. The van der Waals surface area contributed by atoms with Crippen molar-refractivity contribution in [3.05, 3.63) is 65.5 Å². The Kier molecular flexibility index (Phi) is 4.14. The molecule has 24 heavy (non-hydrogen) atoms. The van der Waals surface area contributed by atoms with Crippen LogP contribution >= 0.6 is 0 Å². The van der Waals surface area contributed by atoms with E-state index in [9.17, 15) is 8.42 Å². The predicted molar refractivity (Wildman–Crippen MR) is 94.1 cm³/mol. The predicted octanol–water partition coefficient (Wildman–Crippen LogP) is 3.11. The number of sulfonamides is 1. The van der Waals surface area contributed by atoms with Gasteiger partial charge in [0, 0.05) is 12.2 Å². The molecule has 4 nitrogen and oxygen atoms in total. The second-order valence-electron chi connectivity index (χ2n) is 6.81. The molecule has 5 heteroatoms. The summed E-state index contributed by atoms with van der Waals surface area (Å²) in [6, 6.07) is 14.2. The van der Waals surface area contributed by atoms with Gasteiger partial charge in [-0.3, -0.25) is 4.98 Å². The highest BCUT2D eigenvalue weighted by Gasteiger charge is 2.38. The van der Waals surface area contributed by atoms with Crippen LogP contribution in [0.1, 0.15) is 42.0 Å². The van der Waals surface area contributed by atoms with Gasteiger partial charge < -0.3 is 0 Å². The van der Waals surface area contributed by atoms with Crippen LogP contribution in [0.15, 0.2) is 48.7 Å². The summed E-state index contributed by atoms with van der Waals surface area (Å²) >= 11 is 0. The zero-order chi connectivity index (χ0) is 16.6. The molecule has 0 amide bonds. The number of aromatic nitrogens is 1. The van der Waals surface area contributed by atoms with Gasteiger partial charge in [0.2, 0.25) is 10.0 Å². The first kappa shape index (κ1) is 15.8. The standard InChI is InChI=1S/C19H22N2O2S/c22-24(23)12-10-17(13-15-5-2-1-3-6-15)21(24)14-19-18(16-8-9-16)7-4-11-20-19/h1-7,11,16-17H,8-10,12-14H2. The number of nitrogens with zero attached hydrogens (tertiary/aromatic N) is 2. The SMILES string of the molecule is O=S1(=O)CCC(Cc2ccccc2)N1Cc1ncccc1C1CC1. The molecule has 2 aromatic rings. The van der Waals surface area contributed by atoms with Crippen LogP contribution in [-0.2, 0) is 23.0 Å². The molecule has 126 valence electrons. The Morgan fingerprint density at radius 1 is 1.04 bits per heavy atom. The van der Waals surface area contributed by atoms with E-state index in [2.05, 4.69) is 23.2 Å². The van der Waals surface area contributed by atoms with E-state index < -0.39 is 10.0 Å². The zero-order valence-electron chi connectivity index (χ0n) is 13.6. The second kappa shape index (κ2) is 6.30. The van der Waals surface area contributed by atoms with Crippen LogP contribution in [0.2, 0.25) is 0 Å². The Balaban J connectivity index is 1.59. The minimum atomic E-state index is -3.18. The Morgan fingerprint density at radius 2 is 1.83 bits per heavy atom. The molecule has 0 N–H and O–H groups in total. The molecular weight excluding hydrogens is 320 g/mol. The molecule has 1 unspecified atom stereocenters. The summed E-state index contributed by atoms with van der Waals surface area (Å²) in [7, 11) is -3.18. The van der Waals surface area contributed by atoms with Crippen LogP contribution in [0.5, 0.6) is 0 Å². The second-order valence-corrected chi connectivity index (χ2v) is 8.85. The van der Waals surface area contributed by atoms with Gasteiger partial charge in [0.1, 0.15) is 0 Å². The van der Waals surface area contributed by atoms with Gasteiger partial charge in [0.05, 0.1) is 18.0 Å². The molecular formula is C19H22N2O2S. The third kappa shape index (κ3) is 3.23. The van der Waals surface area contributed by atoms with E-state index in [4.69, 9.17) is 0 Å². The third-order valence-corrected chi connectivity index (χ3v) is 6.93. The van der Waals surface area contributed by atoms with E-state index in [1.54, 1.807) is 10.5 Å². The minimum Gasteiger partial charge on any atom is -0.260 e. The summed E-state index contributed by atoms with van der Waals surface area (Å²) < 4.78 is 26.8. The number of rotatable bonds is 5. The molecule has 1 aromatic heterocycles. The molecule has 1 aromatic carbocycles. The highest BCUT2D eigenvalue weighted by molar-refractivity contribution is 7.89. The lowest BCUT2D eigenvalue weighted by molar-refractivity contribution is 0.330. The number of pyridine rings is 1. The van der Waals surface area contributed by atoms with E-state index in [1.807, 2.05) is 24.3 Å². The molecule has 2 aliphatic rings. The normalized spacial score (nSPS) is 23.4. The maximum atomic E-state index is 12.6. The first-order valence-corrected chi connectivity index (χ1v) is 10.2. The number of hydrogen-bond donors (Lipinski definition) is 0. The molecule has 0 radical (unpaired) electrons. The van der Waals surface area contributed by atoms with Gasteiger partial charge in [-0.2, -0.15) is 4.31 Å². The lowest BCUT2D eigenvalue weighted by Gasteiger charge is -2.23. The van der Waals surface area contributed by atoms with E-state index in [0.29, 0.717) is 18.9 Å². The third-order valence-electron chi connectivity index (χ3n) is 5.04. The van der Waals surface area contributed by atoms with Gasteiger partial charge in [-0.15, -0.1) is 0 Å². The molecule has 0 bridgehead atoms. The summed E-state index contributed by atoms with van der Waals surface area (Å²) in [5.74, 6) is 0.822. The van der Waals surface area contributed by atoms with E-state index >= 15 is 0 Å². The van der Waals surface area contributed by atoms with Crippen LogP contribution in [0, 0.1) is 0 Å². The summed E-state index contributed by atoms with van der Waals surface area (Å²) in [4.78, 5) is 4.50. The van der Waals surface area contributed by atoms with Crippen LogP contribution in [0.3, 0.4) is 0 Å². The molecule has 1 aliphatic carbocycles. The lowest BCUT2D eigenvalue weighted by atomic mass is 10.0. The lowest BCUT2D eigenvalue weighted by Crippen LogP contribution is -2.34. The summed E-state index contributed by atoms with van der Waals surface area (Å²) in [6.45, 7) is 0.409. The summed E-state index contributed by atoms with van der Waals surface area (Å²) in [6.07, 6.45) is 5.63. The zero-order valence-corrected chi connectivity index (χ0v) is 14.5. The van der Waals surface area contributed by atoms with Crippen molar-refractivity contribution in [3.8, 4) is 0 Å². The average molecular weight is 342 g/mol. The highest BCUT2D eigenvalue weighted by atomic mass is 32.2. The Hall–Kier alpha value is -1.72. The Bertz CT molecular complexity index is 816. The van der Waals surface area contributed by atoms with Crippen molar-refractivity contribution in [2.75, 3.05) is 5.75 Å². The fourth-order valence-electron chi connectivity index (χ4n) is 3.59. The summed E-state index contributed by atoms with van der Waals surface area (Å²) in [5, 5.41) is 0. The van der Waals surface area contributed by atoms with Crippen molar-refractivity contribution in [1.82, 2.24) is 9.29 Å². The van der Waals surface area contributed by atoms with E-state index in [1.165, 1.54) is 24.0 Å². The van der Waals surface area contributed by atoms with Gasteiger partial charge >= 0.3 is 0 Å². The molecule has 1 atom stereocenters. The van der Waals surface area contributed by atoms with Crippen molar-refractivity contribution in [2.45, 2.75) is 44.2 Å². The summed E-state index contributed by atoms with van der Waals surface area (Å²) in [5.41, 5.74) is 3.36. The molecule has 2 fully saturated rings. The van der Waals surface area contributed by atoms with Gasteiger partial charge in [-0.1, -0.05) is 36.4 Å². The maximum Gasteiger partial charge on any atom is 0.214 e. The van der Waals surface area contributed by atoms with E-state index in [0.717, 1.165) is 12.1 Å². The molecule has 1 saturated carbocycles. The maximum absolute atomic E-state index is 12.6. The monoisotopic (exact) mass is 342 g/mol. The topological polar surface area (TPSA) is 50.3 Å². The molecule has 0 spiro atoms. The smallest absolute Gasteiger partial charge is 0.214 e. The largest absolute Gasteiger partial charge is 0.260 e. The fraction of sp³-hybridized carbons (Fsp3) is 0.421. The van der Waals surface area contributed by atoms with Gasteiger partial charge in [0.25, 0.3) is 0 Å². The highest BCUT2D eigenvalue weighted by Crippen LogP contribution is 2.41. The average Bonchev–Trinajstić information content (AvgIpc) is 3.39. The van der Waals surface area contributed by atoms with Crippen LogP contribution < -0.4 is 0 Å².